The molecule has 2 unspecified atom stereocenters. The van der Waals surface area contributed by atoms with Gasteiger partial charge in [0, 0.05) is 24.9 Å². The van der Waals surface area contributed by atoms with Crippen molar-refractivity contribution in [1.29, 1.82) is 0 Å². The van der Waals surface area contributed by atoms with Crippen LogP contribution in [0.4, 0.5) is 4.79 Å². The molecule has 7 heteroatoms. The molecule has 0 N–H and O–H groups in total. The Hall–Kier alpha value is -1.11. The Labute approximate surface area is 145 Å². The lowest BCUT2D eigenvalue weighted by atomic mass is 9.94. The molecule has 1 saturated heterocycles. The van der Waals surface area contributed by atoms with Gasteiger partial charge in [0.2, 0.25) is 0 Å². The Morgan fingerprint density at radius 2 is 1.79 bits per heavy atom. The van der Waals surface area contributed by atoms with Crippen LogP contribution in [-0.4, -0.2) is 55.4 Å². The highest BCUT2D eigenvalue weighted by Crippen LogP contribution is 2.27. The fraction of sp³-hybridized carbons (Fsp3) is 0.882. The van der Waals surface area contributed by atoms with E-state index in [1.807, 2.05) is 6.92 Å². The minimum absolute atomic E-state index is 0.0414. The molecule has 1 fully saturated rings. The standard InChI is InChI=1S/C17H31NO5S/c1-6-7-8-9-24(21,22)12-14-10-18(11-15(14)13(2)19)16(20)23-17(3,4)5/h14-15H,6-12H2,1-5H3. The molecular weight excluding hydrogens is 330 g/mol. The highest BCUT2D eigenvalue weighted by molar-refractivity contribution is 7.91. The number of hydrogen-bond acceptors (Lipinski definition) is 5. The minimum atomic E-state index is -3.22. The van der Waals surface area contributed by atoms with Crippen LogP contribution in [0.25, 0.3) is 0 Å². The third kappa shape index (κ3) is 6.79. The zero-order chi connectivity index (χ0) is 18.5. The van der Waals surface area contributed by atoms with Crippen LogP contribution in [0.3, 0.4) is 0 Å². The predicted octanol–water partition coefficient (Wildman–Crippen LogP) is 2.66. The fourth-order valence-electron chi connectivity index (χ4n) is 2.96. The number of unbranched alkanes of at least 4 members (excludes halogenated alkanes) is 2. The number of carbonyl (C=O) groups is 2. The van der Waals surface area contributed by atoms with E-state index < -0.39 is 27.4 Å². The van der Waals surface area contributed by atoms with Gasteiger partial charge in [-0.1, -0.05) is 19.8 Å². The summed E-state index contributed by atoms with van der Waals surface area (Å²) in [4.78, 5) is 25.5. The van der Waals surface area contributed by atoms with Crippen molar-refractivity contribution in [3.8, 4) is 0 Å². The lowest BCUT2D eigenvalue weighted by Crippen LogP contribution is -2.36. The van der Waals surface area contributed by atoms with Crippen LogP contribution in [0, 0.1) is 11.8 Å². The molecule has 0 bridgehead atoms. The molecule has 1 amide bonds. The van der Waals surface area contributed by atoms with Crippen molar-refractivity contribution >= 4 is 21.7 Å². The van der Waals surface area contributed by atoms with E-state index in [2.05, 4.69) is 0 Å². The summed E-state index contributed by atoms with van der Waals surface area (Å²) in [6.07, 6.45) is 2.00. The smallest absolute Gasteiger partial charge is 0.410 e. The van der Waals surface area contributed by atoms with E-state index in [4.69, 9.17) is 4.74 Å². The second-order valence-corrected chi connectivity index (χ2v) is 9.91. The van der Waals surface area contributed by atoms with Gasteiger partial charge in [-0.05, 0) is 34.1 Å². The quantitative estimate of drug-likeness (QED) is 0.651. The van der Waals surface area contributed by atoms with E-state index in [9.17, 15) is 18.0 Å². The summed E-state index contributed by atoms with van der Waals surface area (Å²) >= 11 is 0. The fourth-order valence-corrected chi connectivity index (χ4v) is 4.76. The summed E-state index contributed by atoms with van der Waals surface area (Å²) < 4.78 is 29.9. The first kappa shape index (κ1) is 20.9. The molecule has 0 aromatic heterocycles. The molecule has 6 nitrogen and oxygen atoms in total. The Bertz CT molecular complexity index is 550. The van der Waals surface area contributed by atoms with E-state index in [-0.39, 0.29) is 36.3 Å². The zero-order valence-corrected chi connectivity index (χ0v) is 16.3. The van der Waals surface area contributed by atoms with Gasteiger partial charge in [-0.3, -0.25) is 4.79 Å². The normalized spacial score (nSPS) is 21.8. The molecule has 0 radical (unpaired) electrons. The van der Waals surface area contributed by atoms with Gasteiger partial charge < -0.3 is 9.64 Å². The summed E-state index contributed by atoms with van der Waals surface area (Å²) in [7, 11) is -3.22. The Morgan fingerprint density at radius 1 is 1.17 bits per heavy atom. The van der Waals surface area contributed by atoms with E-state index in [1.54, 1.807) is 20.8 Å². The predicted molar refractivity (Wildman–Crippen MR) is 93.6 cm³/mol. The molecule has 2 atom stereocenters. The number of ether oxygens (including phenoxy) is 1. The first-order valence-electron chi connectivity index (χ1n) is 8.64. The van der Waals surface area contributed by atoms with Crippen molar-refractivity contribution < 1.29 is 22.7 Å². The number of likely N-dealkylation sites (tertiary alicyclic amines) is 1. The second kappa shape index (κ2) is 8.32. The summed E-state index contributed by atoms with van der Waals surface area (Å²) in [5, 5.41) is 0. The van der Waals surface area contributed by atoms with Crippen LogP contribution in [0.2, 0.25) is 0 Å². The van der Waals surface area contributed by atoms with Gasteiger partial charge in [0.1, 0.15) is 11.4 Å². The average molecular weight is 362 g/mol. The number of carbonyl (C=O) groups excluding carboxylic acids is 2. The van der Waals surface area contributed by atoms with Gasteiger partial charge in [-0.2, -0.15) is 0 Å². The summed E-state index contributed by atoms with van der Waals surface area (Å²) in [6.45, 7) is 9.30. The molecule has 0 aliphatic carbocycles. The highest BCUT2D eigenvalue weighted by atomic mass is 32.2. The number of sulfone groups is 1. The van der Waals surface area contributed by atoms with Crippen molar-refractivity contribution in [2.75, 3.05) is 24.6 Å². The van der Waals surface area contributed by atoms with Crippen LogP contribution in [0.5, 0.6) is 0 Å². The Kier molecular flexibility index (Phi) is 7.25. The lowest BCUT2D eigenvalue weighted by Gasteiger charge is -2.24. The number of ketones is 1. The maximum Gasteiger partial charge on any atom is 0.410 e. The number of Topliss-reactive ketones (excluding diaryl/α,β-unsaturated/α-hetero) is 1. The molecule has 1 heterocycles. The van der Waals surface area contributed by atoms with Crippen molar-refractivity contribution in [2.24, 2.45) is 11.8 Å². The van der Waals surface area contributed by atoms with Crippen molar-refractivity contribution in [3.63, 3.8) is 0 Å². The first-order valence-corrected chi connectivity index (χ1v) is 10.5. The molecule has 1 rings (SSSR count). The van der Waals surface area contributed by atoms with Crippen LogP contribution >= 0.6 is 0 Å². The van der Waals surface area contributed by atoms with E-state index in [0.29, 0.717) is 6.42 Å². The van der Waals surface area contributed by atoms with Crippen LogP contribution in [0.1, 0.15) is 53.9 Å². The SMILES string of the molecule is CCCCCS(=O)(=O)CC1CN(C(=O)OC(C)(C)C)CC1C(C)=O. The van der Waals surface area contributed by atoms with Gasteiger partial charge in [0.15, 0.2) is 9.84 Å². The molecule has 0 aromatic carbocycles. The molecule has 0 spiro atoms. The molecule has 0 aromatic rings. The van der Waals surface area contributed by atoms with Crippen molar-refractivity contribution in [2.45, 2.75) is 59.5 Å². The largest absolute Gasteiger partial charge is 0.444 e. The van der Waals surface area contributed by atoms with Gasteiger partial charge in [-0.15, -0.1) is 0 Å². The summed E-state index contributed by atoms with van der Waals surface area (Å²) in [5.41, 5.74) is -0.618. The number of nitrogens with zero attached hydrogens (tertiary/aromatic N) is 1. The van der Waals surface area contributed by atoms with Crippen molar-refractivity contribution in [3.05, 3.63) is 0 Å². The van der Waals surface area contributed by atoms with Gasteiger partial charge in [0.05, 0.1) is 11.5 Å². The Morgan fingerprint density at radius 3 is 2.29 bits per heavy atom. The third-order valence-electron chi connectivity index (χ3n) is 4.14. The van der Waals surface area contributed by atoms with Crippen LogP contribution in [0.15, 0.2) is 0 Å². The number of amides is 1. The molecule has 1 aliphatic heterocycles. The second-order valence-electron chi connectivity index (χ2n) is 7.68. The maximum atomic E-state index is 12.3. The number of hydrogen-bond donors (Lipinski definition) is 0. The number of rotatable bonds is 7. The average Bonchev–Trinajstić information content (AvgIpc) is 2.80. The molecule has 1 aliphatic rings. The molecule has 0 saturated carbocycles. The molecule has 24 heavy (non-hydrogen) atoms. The topological polar surface area (TPSA) is 80.8 Å². The van der Waals surface area contributed by atoms with Gasteiger partial charge >= 0.3 is 6.09 Å². The highest BCUT2D eigenvalue weighted by Gasteiger charge is 2.41. The first-order chi connectivity index (χ1) is 10.9. The monoisotopic (exact) mass is 361 g/mol. The van der Waals surface area contributed by atoms with Crippen molar-refractivity contribution in [1.82, 2.24) is 4.90 Å². The Balaban J connectivity index is 2.75. The van der Waals surface area contributed by atoms with E-state index in [1.165, 1.54) is 11.8 Å². The van der Waals surface area contributed by atoms with Crippen LogP contribution in [-0.2, 0) is 19.4 Å². The minimum Gasteiger partial charge on any atom is -0.444 e. The van der Waals surface area contributed by atoms with E-state index >= 15 is 0 Å². The lowest BCUT2D eigenvalue weighted by molar-refractivity contribution is -0.121. The molecular formula is C17H31NO5S. The van der Waals surface area contributed by atoms with Gasteiger partial charge in [-0.25, -0.2) is 13.2 Å². The summed E-state index contributed by atoms with van der Waals surface area (Å²) in [5.74, 6) is -0.746. The summed E-state index contributed by atoms with van der Waals surface area (Å²) in [6, 6.07) is 0. The zero-order valence-electron chi connectivity index (χ0n) is 15.5. The maximum absolute atomic E-state index is 12.3. The molecule has 140 valence electrons. The van der Waals surface area contributed by atoms with E-state index in [0.717, 1.165) is 12.8 Å². The third-order valence-corrected chi connectivity index (χ3v) is 5.99. The van der Waals surface area contributed by atoms with Crippen LogP contribution < -0.4 is 0 Å². The van der Waals surface area contributed by atoms with Gasteiger partial charge in [0.25, 0.3) is 0 Å².